The Morgan fingerprint density at radius 1 is 0.341 bits per heavy atom. The van der Waals surface area contributed by atoms with Gasteiger partial charge in [0.25, 0.3) is 11.4 Å². The van der Waals surface area contributed by atoms with Crippen LogP contribution in [0.2, 0.25) is 0 Å². The molecule has 0 bridgehead atoms. The molecular weight excluding hydrogens is 552 g/mol. The van der Waals surface area contributed by atoms with Gasteiger partial charge in [-0.15, -0.1) is 0 Å². The zero-order valence-corrected chi connectivity index (χ0v) is 23.4. The molecule has 0 amide bonds. The lowest BCUT2D eigenvalue weighted by molar-refractivity contribution is -0.385. The summed E-state index contributed by atoms with van der Waals surface area (Å²) >= 11 is 0. The molecule has 0 unspecified atom stereocenters. The van der Waals surface area contributed by atoms with Gasteiger partial charge in [-0.2, -0.15) is 0 Å². The number of rotatable bonds is 9. The standard InChI is InChI=1S/C36H26N4O4/c41-39(42)35-23-19-33(20-24-35)37(29-7-3-1-4-8-29)31-15-11-27(12-16-31)28-13-17-32(18-14-28)38(30-9-5-2-6-10-30)34-21-25-36(26-22-34)40(43)44/h1-26H. The molecule has 0 aromatic heterocycles. The number of non-ortho nitro benzene ring substituents is 2. The molecule has 0 fully saturated rings. The molecule has 8 heteroatoms. The lowest BCUT2D eigenvalue weighted by Gasteiger charge is -2.26. The zero-order valence-electron chi connectivity index (χ0n) is 23.4. The predicted molar refractivity (Wildman–Crippen MR) is 175 cm³/mol. The Morgan fingerprint density at radius 3 is 0.864 bits per heavy atom. The fourth-order valence-corrected chi connectivity index (χ4v) is 5.10. The maximum atomic E-state index is 11.2. The highest BCUT2D eigenvalue weighted by Crippen LogP contribution is 2.38. The van der Waals surface area contributed by atoms with E-state index in [0.717, 1.165) is 45.3 Å². The van der Waals surface area contributed by atoms with E-state index in [0.29, 0.717) is 0 Å². The molecule has 6 aromatic rings. The van der Waals surface area contributed by atoms with Crippen molar-refractivity contribution in [3.63, 3.8) is 0 Å². The van der Waals surface area contributed by atoms with Crippen molar-refractivity contribution in [2.24, 2.45) is 0 Å². The fourth-order valence-electron chi connectivity index (χ4n) is 5.10. The van der Waals surface area contributed by atoms with E-state index < -0.39 is 9.85 Å². The van der Waals surface area contributed by atoms with E-state index >= 15 is 0 Å². The Hall–Kier alpha value is -6.28. The second kappa shape index (κ2) is 12.3. The molecule has 0 atom stereocenters. The molecule has 0 saturated heterocycles. The Labute approximate surface area is 254 Å². The molecule has 44 heavy (non-hydrogen) atoms. The van der Waals surface area contributed by atoms with Crippen molar-refractivity contribution in [3.8, 4) is 11.1 Å². The van der Waals surface area contributed by atoms with Gasteiger partial charge in [-0.1, -0.05) is 60.7 Å². The number of anilines is 6. The number of hydrogen-bond acceptors (Lipinski definition) is 6. The van der Waals surface area contributed by atoms with Gasteiger partial charge in [0.2, 0.25) is 0 Å². The summed E-state index contributed by atoms with van der Waals surface area (Å²) in [7, 11) is 0. The molecule has 0 aliphatic heterocycles. The number of benzene rings is 6. The third-order valence-electron chi connectivity index (χ3n) is 7.25. The molecule has 0 radical (unpaired) electrons. The van der Waals surface area contributed by atoms with E-state index in [2.05, 4.69) is 34.1 Å². The van der Waals surface area contributed by atoms with Crippen LogP contribution in [0.4, 0.5) is 45.5 Å². The minimum atomic E-state index is -0.401. The SMILES string of the molecule is O=[N+]([O-])c1ccc(N(c2ccccc2)c2ccc(-c3ccc(N(c4ccccc4)c4ccc([N+](=O)[O-])cc4)cc3)cc2)cc1. The van der Waals surface area contributed by atoms with Gasteiger partial charge in [-0.25, -0.2) is 0 Å². The Balaban J connectivity index is 1.30. The molecular formula is C36H26N4O4. The van der Waals surface area contributed by atoms with E-state index in [1.165, 1.54) is 24.3 Å². The highest BCUT2D eigenvalue weighted by Gasteiger charge is 2.16. The van der Waals surface area contributed by atoms with Gasteiger partial charge < -0.3 is 9.80 Å². The average Bonchev–Trinajstić information content (AvgIpc) is 3.07. The topological polar surface area (TPSA) is 92.8 Å². The average molecular weight is 579 g/mol. The number of nitro groups is 2. The van der Waals surface area contributed by atoms with Crippen LogP contribution in [0.15, 0.2) is 158 Å². The molecule has 0 aliphatic rings. The summed E-state index contributed by atoms with van der Waals surface area (Å²) in [5, 5.41) is 22.4. The van der Waals surface area contributed by atoms with Gasteiger partial charge >= 0.3 is 0 Å². The van der Waals surface area contributed by atoms with Crippen molar-refractivity contribution in [2.45, 2.75) is 0 Å². The highest BCUT2D eigenvalue weighted by molar-refractivity contribution is 5.81. The second-order valence-corrected chi connectivity index (χ2v) is 9.98. The minimum absolute atomic E-state index is 0.0416. The first kappa shape index (κ1) is 27.9. The molecule has 0 aliphatic carbocycles. The first-order valence-electron chi connectivity index (χ1n) is 13.9. The lowest BCUT2D eigenvalue weighted by Crippen LogP contribution is -2.10. The van der Waals surface area contributed by atoms with Crippen LogP contribution in [0.25, 0.3) is 11.1 Å². The number of para-hydroxylation sites is 2. The largest absolute Gasteiger partial charge is 0.310 e. The van der Waals surface area contributed by atoms with Crippen LogP contribution >= 0.6 is 0 Å². The Morgan fingerprint density at radius 2 is 0.591 bits per heavy atom. The fraction of sp³-hybridized carbons (Fsp3) is 0. The molecule has 0 heterocycles. The summed E-state index contributed by atoms with van der Waals surface area (Å²) in [6.45, 7) is 0. The first-order valence-corrected chi connectivity index (χ1v) is 13.9. The van der Waals surface area contributed by atoms with Crippen molar-refractivity contribution < 1.29 is 9.85 Å². The highest BCUT2D eigenvalue weighted by atomic mass is 16.6. The second-order valence-electron chi connectivity index (χ2n) is 9.98. The van der Waals surface area contributed by atoms with Crippen molar-refractivity contribution >= 4 is 45.5 Å². The monoisotopic (exact) mass is 578 g/mol. The van der Waals surface area contributed by atoms with Crippen LogP contribution < -0.4 is 9.80 Å². The number of nitrogens with zero attached hydrogens (tertiary/aromatic N) is 4. The molecule has 6 rings (SSSR count). The van der Waals surface area contributed by atoms with Gasteiger partial charge in [0.15, 0.2) is 0 Å². The molecule has 0 N–H and O–H groups in total. The first-order chi connectivity index (χ1) is 21.5. The van der Waals surface area contributed by atoms with E-state index in [1.54, 1.807) is 24.3 Å². The van der Waals surface area contributed by atoms with Crippen LogP contribution in [-0.2, 0) is 0 Å². The van der Waals surface area contributed by atoms with Crippen molar-refractivity contribution in [1.82, 2.24) is 0 Å². The third kappa shape index (κ3) is 5.86. The van der Waals surface area contributed by atoms with Gasteiger partial charge in [0, 0.05) is 58.4 Å². The van der Waals surface area contributed by atoms with E-state index in [-0.39, 0.29) is 11.4 Å². The third-order valence-corrected chi connectivity index (χ3v) is 7.25. The van der Waals surface area contributed by atoms with Crippen LogP contribution in [0.3, 0.4) is 0 Å². The van der Waals surface area contributed by atoms with E-state index in [1.807, 2.05) is 84.9 Å². The Kier molecular flexibility index (Phi) is 7.79. The summed E-state index contributed by atoms with van der Waals surface area (Å²) in [6, 6.07) is 49.1. The van der Waals surface area contributed by atoms with Crippen LogP contribution in [0.1, 0.15) is 0 Å². The quantitative estimate of drug-likeness (QED) is 0.125. The Bertz CT molecular complexity index is 1740. The molecule has 0 saturated carbocycles. The van der Waals surface area contributed by atoms with Gasteiger partial charge in [-0.05, 0) is 83.9 Å². The lowest BCUT2D eigenvalue weighted by atomic mass is 10.0. The summed E-state index contributed by atoms with van der Waals surface area (Å²) in [5.41, 5.74) is 7.46. The van der Waals surface area contributed by atoms with Crippen LogP contribution in [0, 0.1) is 20.2 Å². The van der Waals surface area contributed by atoms with Crippen molar-refractivity contribution in [1.29, 1.82) is 0 Å². The maximum Gasteiger partial charge on any atom is 0.269 e. The van der Waals surface area contributed by atoms with Crippen LogP contribution in [-0.4, -0.2) is 9.85 Å². The number of nitro benzene ring substituents is 2. The number of hydrogen-bond donors (Lipinski definition) is 0. The van der Waals surface area contributed by atoms with Gasteiger partial charge in [-0.3, -0.25) is 20.2 Å². The maximum absolute atomic E-state index is 11.2. The summed E-state index contributed by atoms with van der Waals surface area (Å²) < 4.78 is 0. The molecule has 214 valence electrons. The van der Waals surface area contributed by atoms with Gasteiger partial charge in [0.1, 0.15) is 0 Å². The molecule has 6 aromatic carbocycles. The molecule has 0 spiro atoms. The molecule has 8 nitrogen and oxygen atoms in total. The summed E-state index contributed by atoms with van der Waals surface area (Å²) in [5.74, 6) is 0. The van der Waals surface area contributed by atoms with Crippen molar-refractivity contribution in [2.75, 3.05) is 9.80 Å². The predicted octanol–water partition coefficient (Wildman–Crippen LogP) is 10.1. The smallest absolute Gasteiger partial charge is 0.269 e. The summed E-state index contributed by atoms with van der Waals surface area (Å²) in [6.07, 6.45) is 0. The minimum Gasteiger partial charge on any atom is -0.310 e. The zero-order chi connectivity index (χ0) is 30.5. The normalized spacial score (nSPS) is 10.6. The van der Waals surface area contributed by atoms with E-state index in [4.69, 9.17) is 0 Å². The van der Waals surface area contributed by atoms with Crippen molar-refractivity contribution in [3.05, 3.63) is 178 Å². The van der Waals surface area contributed by atoms with Gasteiger partial charge in [0.05, 0.1) is 9.85 Å². The summed E-state index contributed by atoms with van der Waals surface area (Å²) in [4.78, 5) is 25.7. The van der Waals surface area contributed by atoms with E-state index in [9.17, 15) is 20.2 Å². The van der Waals surface area contributed by atoms with Crippen LogP contribution in [0.5, 0.6) is 0 Å².